The highest BCUT2D eigenvalue weighted by atomic mass is 19.1. The molecule has 0 atom stereocenters. The first-order valence-electron chi connectivity index (χ1n) is 4.67. The molecule has 0 bridgehead atoms. The number of anilines is 2. The second-order valence-corrected chi connectivity index (χ2v) is 3.49. The number of nitrogens with one attached hydrogen (secondary N) is 1. The van der Waals surface area contributed by atoms with E-state index in [2.05, 4.69) is 10.4 Å². The van der Waals surface area contributed by atoms with Crippen LogP contribution in [-0.2, 0) is 7.05 Å². The van der Waals surface area contributed by atoms with E-state index >= 15 is 0 Å². The van der Waals surface area contributed by atoms with Gasteiger partial charge in [-0.2, -0.15) is 5.10 Å². The van der Waals surface area contributed by atoms with Gasteiger partial charge < -0.3 is 5.32 Å². The molecule has 1 heterocycles. The lowest BCUT2D eigenvalue weighted by atomic mass is 10.2. The molecular weight excluding hydrogens is 193 g/mol. The first-order valence-corrected chi connectivity index (χ1v) is 4.67. The van der Waals surface area contributed by atoms with E-state index in [-0.39, 0.29) is 5.82 Å². The second-order valence-electron chi connectivity index (χ2n) is 3.49. The molecule has 0 aliphatic rings. The van der Waals surface area contributed by atoms with E-state index in [1.54, 1.807) is 16.9 Å². The quantitative estimate of drug-likeness (QED) is 0.816. The van der Waals surface area contributed by atoms with Gasteiger partial charge in [0.1, 0.15) is 5.82 Å². The summed E-state index contributed by atoms with van der Waals surface area (Å²) in [4.78, 5) is 0. The number of rotatable bonds is 2. The standard InChI is InChI=1S/C11H12FN3/c1-8-3-4-9(12)5-11(8)14-10-6-13-15(2)7-10/h3-7,14H,1-2H3. The largest absolute Gasteiger partial charge is 0.353 e. The van der Waals surface area contributed by atoms with E-state index in [9.17, 15) is 4.39 Å². The SMILES string of the molecule is Cc1ccc(F)cc1Nc1cnn(C)c1. The molecule has 1 aromatic heterocycles. The zero-order valence-electron chi connectivity index (χ0n) is 8.66. The number of hydrogen-bond acceptors (Lipinski definition) is 2. The number of aryl methyl sites for hydroxylation is 2. The number of halogens is 1. The van der Waals surface area contributed by atoms with Crippen LogP contribution in [0.5, 0.6) is 0 Å². The van der Waals surface area contributed by atoms with E-state index in [1.165, 1.54) is 12.1 Å². The van der Waals surface area contributed by atoms with Crippen molar-refractivity contribution in [1.29, 1.82) is 0 Å². The van der Waals surface area contributed by atoms with Gasteiger partial charge in [-0.25, -0.2) is 4.39 Å². The van der Waals surface area contributed by atoms with Gasteiger partial charge in [0, 0.05) is 18.9 Å². The molecule has 0 saturated heterocycles. The zero-order chi connectivity index (χ0) is 10.8. The maximum absolute atomic E-state index is 13.0. The van der Waals surface area contributed by atoms with Gasteiger partial charge in [0.05, 0.1) is 11.9 Å². The fourth-order valence-electron chi connectivity index (χ4n) is 1.37. The smallest absolute Gasteiger partial charge is 0.125 e. The normalized spacial score (nSPS) is 10.3. The van der Waals surface area contributed by atoms with Crippen LogP contribution in [0.1, 0.15) is 5.56 Å². The van der Waals surface area contributed by atoms with Gasteiger partial charge >= 0.3 is 0 Å². The molecule has 0 aliphatic carbocycles. The molecule has 2 rings (SSSR count). The number of nitrogens with zero attached hydrogens (tertiary/aromatic N) is 2. The number of hydrogen-bond donors (Lipinski definition) is 1. The summed E-state index contributed by atoms with van der Waals surface area (Å²) in [6, 6.07) is 4.67. The van der Waals surface area contributed by atoms with E-state index in [1.807, 2.05) is 20.2 Å². The summed E-state index contributed by atoms with van der Waals surface area (Å²) >= 11 is 0. The molecule has 2 aromatic rings. The maximum atomic E-state index is 13.0. The lowest BCUT2D eigenvalue weighted by Crippen LogP contribution is -1.92. The summed E-state index contributed by atoms with van der Waals surface area (Å²) in [5, 5.41) is 7.14. The van der Waals surface area contributed by atoms with Crippen molar-refractivity contribution in [3.63, 3.8) is 0 Å². The molecule has 15 heavy (non-hydrogen) atoms. The minimum Gasteiger partial charge on any atom is -0.353 e. The lowest BCUT2D eigenvalue weighted by Gasteiger charge is -2.06. The van der Waals surface area contributed by atoms with E-state index < -0.39 is 0 Å². The monoisotopic (exact) mass is 205 g/mol. The van der Waals surface area contributed by atoms with E-state index in [0.717, 1.165) is 16.9 Å². The second kappa shape index (κ2) is 3.73. The van der Waals surface area contributed by atoms with Crippen LogP contribution in [0.25, 0.3) is 0 Å². The topological polar surface area (TPSA) is 29.9 Å². The molecule has 3 nitrogen and oxygen atoms in total. The molecule has 0 saturated carbocycles. The Morgan fingerprint density at radius 3 is 2.87 bits per heavy atom. The van der Waals surface area contributed by atoms with Crippen molar-refractivity contribution in [2.75, 3.05) is 5.32 Å². The van der Waals surface area contributed by atoms with Crippen LogP contribution in [0.3, 0.4) is 0 Å². The highest BCUT2D eigenvalue weighted by Crippen LogP contribution is 2.20. The summed E-state index contributed by atoms with van der Waals surface area (Å²) in [6.07, 6.45) is 3.54. The predicted octanol–water partition coefficient (Wildman–Crippen LogP) is 2.61. The minimum atomic E-state index is -0.244. The Kier molecular flexibility index (Phi) is 2.41. The Labute approximate surface area is 87.5 Å². The first kappa shape index (κ1) is 9.71. The van der Waals surface area contributed by atoms with Crippen LogP contribution in [0.2, 0.25) is 0 Å². The average Bonchev–Trinajstić information content (AvgIpc) is 2.58. The van der Waals surface area contributed by atoms with Crippen LogP contribution in [0.15, 0.2) is 30.6 Å². The lowest BCUT2D eigenvalue weighted by molar-refractivity contribution is 0.628. The highest BCUT2D eigenvalue weighted by Gasteiger charge is 2.01. The molecule has 0 fully saturated rings. The van der Waals surface area contributed by atoms with E-state index in [0.29, 0.717) is 0 Å². The van der Waals surface area contributed by atoms with Gasteiger partial charge in [-0.3, -0.25) is 4.68 Å². The highest BCUT2D eigenvalue weighted by molar-refractivity contribution is 5.61. The molecule has 4 heteroatoms. The number of aromatic nitrogens is 2. The van der Waals surface area contributed by atoms with Gasteiger partial charge in [0.2, 0.25) is 0 Å². The molecular formula is C11H12FN3. The summed E-state index contributed by atoms with van der Waals surface area (Å²) < 4.78 is 14.7. The minimum absolute atomic E-state index is 0.244. The van der Waals surface area contributed by atoms with Crippen molar-refractivity contribution in [3.8, 4) is 0 Å². The predicted molar refractivity (Wildman–Crippen MR) is 57.6 cm³/mol. The third kappa shape index (κ3) is 2.15. The summed E-state index contributed by atoms with van der Waals surface area (Å²) in [5.41, 5.74) is 2.62. The van der Waals surface area contributed by atoms with Crippen molar-refractivity contribution in [2.24, 2.45) is 7.05 Å². The molecule has 0 unspecified atom stereocenters. The molecule has 0 spiro atoms. The van der Waals surface area contributed by atoms with Gasteiger partial charge in [0.15, 0.2) is 0 Å². The van der Waals surface area contributed by atoms with Crippen molar-refractivity contribution < 1.29 is 4.39 Å². The fraction of sp³-hybridized carbons (Fsp3) is 0.182. The Bertz CT molecular complexity index is 476. The fourth-order valence-corrected chi connectivity index (χ4v) is 1.37. The molecule has 0 radical (unpaired) electrons. The van der Waals surface area contributed by atoms with Crippen LogP contribution >= 0.6 is 0 Å². The third-order valence-corrected chi connectivity index (χ3v) is 2.18. The Morgan fingerprint density at radius 1 is 1.40 bits per heavy atom. The zero-order valence-corrected chi connectivity index (χ0v) is 8.66. The maximum Gasteiger partial charge on any atom is 0.125 e. The van der Waals surface area contributed by atoms with Crippen LogP contribution in [0.4, 0.5) is 15.8 Å². The molecule has 1 aromatic carbocycles. The van der Waals surface area contributed by atoms with Crippen molar-refractivity contribution in [2.45, 2.75) is 6.92 Å². The Balaban J connectivity index is 2.27. The summed E-state index contributed by atoms with van der Waals surface area (Å²) in [5.74, 6) is -0.244. The molecule has 0 amide bonds. The molecule has 0 aliphatic heterocycles. The summed E-state index contributed by atoms with van der Waals surface area (Å²) in [7, 11) is 1.84. The first-order chi connectivity index (χ1) is 7.15. The van der Waals surface area contributed by atoms with Crippen LogP contribution < -0.4 is 5.32 Å². The van der Waals surface area contributed by atoms with Crippen LogP contribution in [0, 0.1) is 12.7 Å². The van der Waals surface area contributed by atoms with Gasteiger partial charge in [-0.15, -0.1) is 0 Å². The molecule has 78 valence electrons. The van der Waals surface area contributed by atoms with E-state index in [4.69, 9.17) is 0 Å². The van der Waals surface area contributed by atoms with Gasteiger partial charge in [0.25, 0.3) is 0 Å². The Morgan fingerprint density at radius 2 is 2.20 bits per heavy atom. The average molecular weight is 205 g/mol. The number of benzene rings is 1. The van der Waals surface area contributed by atoms with Crippen molar-refractivity contribution >= 4 is 11.4 Å². The molecule has 1 N–H and O–H groups in total. The van der Waals surface area contributed by atoms with Gasteiger partial charge in [-0.05, 0) is 24.6 Å². The van der Waals surface area contributed by atoms with Gasteiger partial charge in [-0.1, -0.05) is 6.07 Å². The van der Waals surface area contributed by atoms with Crippen LogP contribution in [-0.4, -0.2) is 9.78 Å². The summed E-state index contributed by atoms with van der Waals surface area (Å²) in [6.45, 7) is 1.93. The van der Waals surface area contributed by atoms with Crippen molar-refractivity contribution in [1.82, 2.24) is 9.78 Å². The third-order valence-electron chi connectivity index (χ3n) is 2.18. The van der Waals surface area contributed by atoms with Crippen molar-refractivity contribution in [3.05, 3.63) is 42.0 Å². The Hall–Kier alpha value is -1.84.